The minimum atomic E-state index is -0.250. The fourth-order valence-corrected chi connectivity index (χ4v) is 3.30. The first kappa shape index (κ1) is 17.6. The number of aromatic amines is 1. The molecule has 0 atom stereocenters. The van der Waals surface area contributed by atoms with Gasteiger partial charge in [-0.3, -0.25) is 9.89 Å². The molecule has 3 rings (SSSR count). The lowest BCUT2D eigenvalue weighted by molar-refractivity contribution is -0.122. The summed E-state index contributed by atoms with van der Waals surface area (Å²) in [6, 6.07) is 0. The lowest BCUT2D eigenvalue weighted by atomic mass is 9.94. The smallest absolute Gasteiger partial charge is 0.290 e. The summed E-state index contributed by atoms with van der Waals surface area (Å²) in [5, 5.41) is 17.5. The standard InChI is InChI=1S/C14H21N5S.CH2O2/c1-10-15-12(9-20-10)8-14-16-13(17-18-14)7-11-3-5-19(2)6-4-11;2-1-3/h9,11H,3-8H2,1-2H3,(H,16,17,18);1H,(H,2,3). The zero-order valence-corrected chi connectivity index (χ0v) is 14.3. The first-order chi connectivity index (χ1) is 11.1. The summed E-state index contributed by atoms with van der Waals surface area (Å²) >= 11 is 1.68. The largest absolute Gasteiger partial charge is 0.483 e. The van der Waals surface area contributed by atoms with Gasteiger partial charge in [-0.15, -0.1) is 11.3 Å². The van der Waals surface area contributed by atoms with Crippen molar-refractivity contribution in [1.29, 1.82) is 0 Å². The number of H-pyrrole nitrogens is 1. The predicted molar refractivity (Wildman–Crippen MR) is 88.7 cm³/mol. The summed E-state index contributed by atoms with van der Waals surface area (Å²) in [5.41, 5.74) is 1.08. The van der Waals surface area contributed by atoms with E-state index in [1.807, 2.05) is 6.92 Å². The number of thiazole rings is 1. The van der Waals surface area contributed by atoms with Crippen molar-refractivity contribution in [2.45, 2.75) is 32.6 Å². The number of aryl methyl sites for hydroxylation is 1. The SMILES string of the molecule is Cc1nc(Cc2nc(CC3CCN(C)CC3)n[nH]2)cs1.O=CO. The molecule has 0 radical (unpaired) electrons. The van der Waals surface area contributed by atoms with Crippen molar-refractivity contribution in [2.24, 2.45) is 5.92 Å². The molecular weight excluding hydrogens is 314 g/mol. The average Bonchev–Trinajstić information content (AvgIpc) is 3.12. The maximum atomic E-state index is 8.36. The van der Waals surface area contributed by atoms with Crippen LogP contribution in [0, 0.1) is 12.8 Å². The third-order valence-corrected chi connectivity index (χ3v) is 4.72. The van der Waals surface area contributed by atoms with Gasteiger partial charge in [-0.1, -0.05) is 0 Å². The number of nitrogens with one attached hydrogen (secondary N) is 1. The quantitative estimate of drug-likeness (QED) is 0.825. The summed E-state index contributed by atoms with van der Waals surface area (Å²) in [6.07, 6.45) is 4.27. The number of carboxylic acid groups (broad SMARTS) is 1. The van der Waals surface area contributed by atoms with Crippen LogP contribution in [0.15, 0.2) is 5.38 Å². The van der Waals surface area contributed by atoms with Gasteiger partial charge in [0, 0.05) is 11.8 Å². The van der Waals surface area contributed by atoms with Crippen molar-refractivity contribution in [3.8, 4) is 0 Å². The molecule has 8 heteroatoms. The number of likely N-dealkylation sites (tertiary alicyclic amines) is 1. The molecule has 126 valence electrons. The molecule has 2 aromatic rings. The highest BCUT2D eigenvalue weighted by molar-refractivity contribution is 7.09. The van der Waals surface area contributed by atoms with Crippen LogP contribution in [-0.4, -0.2) is 56.8 Å². The molecule has 1 fully saturated rings. The van der Waals surface area contributed by atoms with E-state index < -0.39 is 0 Å². The number of aromatic nitrogens is 4. The molecule has 3 heterocycles. The molecule has 7 nitrogen and oxygen atoms in total. The first-order valence-corrected chi connectivity index (χ1v) is 8.56. The van der Waals surface area contributed by atoms with Crippen LogP contribution >= 0.6 is 11.3 Å². The minimum absolute atomic E-state index is 0.250. The molecule has 0 aromatic carbocycles. The number of carbonyl (C=O) groups is 1. The van der Waals surface area contributed by atoms with Crippen LogP contribution in [0.1, 0.15) is 35.2 Å². The Morgan fingerprint density at radius 3 is 2.74 bits per heavy atom. The average molecular weight is 337 g/mol. The van der Waals surface area contributed by atoms with Gasteiger partial charge < -0.3 is 10.0 Å². The first-order valence-electron chi connectivity index (χ1n) is 7.68. The van der Waals surface area contributed by atoms with E-state index >= 15 is 0 Å². The molecule has 1 saturated heterocycles. The second-order valence-corrected chi connectivity index (χ2v) is 6.85. The van der Waals surface area contributed by atoms with Crippen molar-refractivity contribution in [2.75, 3.05) is 20.1 Å². The molecular formula is C15H23N5O2S. The second kappa shape index (κ2) is 8.73. The normalized spacial score (nSPS) is 15.9. The molecule has 0 bridgehead atoms. The van der Waals surface area contributed by atoms with E-state index in [0.29, 0.717) is 0 Å². The van der Waals surface area contributed by atoms with Gasteiger partial charge in [0.15, 0.2) is 5.82 Å². The number of hydrogen-bond acceptors (Lipinski definition) is 6. The number of nitrogens with zero attached hydrogens (tertiary/aromatic N) is 4. The second-order valence-electron chi connectivity index (χ2n) is 5.79. The number of piperidine rings is 1. The zero-order valence-electron chi connectivity index (χ0n) is 13.5. The zero-order chi connectivity index (χ0) is 16.7. The maximum absolute atomic E-state index is 8.36. The van der Waals surface area contributed by atoms with Gasteiger partial charge in [0.2, 0.25) is 0 Å². The van der Waals surface area contributed by atoms with Crippen LogP contribution in [0.4, 0.5) is 0 Å². The van der Waals surface area contributed by atoms with Gasteiger partial charge in [-0.2, -0.15) is 5.10 Å². The topological polar surface area (TPSA) is 95.0 Å². The van der Waals surface area contributed by atoms with E-state index in [2.05, 4.69) is 37.5 Å². The van der Waals surface area contributed by atoms with Gasteiger partial charge >= 0.3 is 0 Å². The maximum Gasteiger partial charge on any atom is 0.290 e. The fraction of sp³-hybridized carbons (Fsp3) is 0.600. The fourth-order valence-electron chi connectivity index (χ4n) is 2.69. The van der Waals surface area contributed by atoms with Crippen molar-refractivity contribution >= 4 is 17.8 Å². The van der Waals surface area contributed by atoms with Crippen LogP contribution in [-0.2, 0) is 17.6 Å². The predicted octanol–water partition coefficient (Wildman–Crippen LogP) is 1.75. The van der Waals surface area contributed by atoms with E-state index in [4.69, 9.17) is 9.90 Å². The molecule has 1 aliphatic heterocycles. The van der Waals surface area contributed by atoms with Gasteiger partial charge in [0.25, 0.3) is 6.47 Å². The van der Waals surface area contributed by atoms with E-state index in [9.17, 15) is 0 Å². The Morgan fingerprint density at radius 1 is 1.43 bits per heavy atom. The molecule has 0 amide bonds. The lowest BCUT2D eigenvalue weighted by Gasteiger charge is -2.28. The Labute approximate surface area is 139 Å². The highest BCUT2D eigenvalue weighted by Gasteiger charge is 2.18. The third-order valence-electron chi connectivity index (χ3n) is 3.90. The van der Waals surface area contributed by atoms with Crippen molar-refractivity contribution in [1.82, 2.24) is 25.1 Å². The van der Waals surface area contributed by atoms with Crippen LogP contribution in [0.2, 0.25) is 0 Å². The summed E-state index contributed by atoms with van der Waals surface area (Å²) in [4.78, 5) is 19.8. The molecule has 23 heavy (non-hydrogen) atoms. The Balaban J connectivity index is 0.000000595. The molecule has 0 saturated carbocycles. The highest BCUT2D eigenvalue weighted by atomic mass is 32.1. The van der Waals surface area contributed by atoms with Crippen LogP contribution in [0.25, 0.3) is 0 Å². The summed E-state index contributed by atoms with van der Waals surface area (Å²) < 4.78 is 0. The minimum Gasteiger partial charge on any atom is -0.483 e. The van der Waals surface area contributed by atoms with Gasteiger partial charge in [0.05, 0.1) is 17.1 Å². The highest BCUT2D eigenvalue weighted by Crippen LogP contribution is 2.19. The Kier molecular flexibility index (Phi) is 6.66. The lowest BCUT2D eigenvalue weighted by Crippen LogP contribution is -2.31. The monoisotopic (exact) mass is 337 g/mol. The Bertz CT molecular complexity index is 605. The summed E-state index contributed by atoms with van der Waals surface area (Å²) in [7, 11) is 2.19. The summed E-state index contributed by atoms with van der Waals surface area (Å²) in [6.45, 7) is 4.17. The van der Waals surface area contributed by atoms with Gasteiger partial charge in [0.1, 0.15) is 5.82 Å². The molecule has 2 aromatic heterocycles. The molecule has 2 N–H and O–H groups in total. The van der Waals surface area contributed by atoms with E-state index in [1.54, 1.807) is 11.3 Å². The van der Waals surface area contributed by atoms with Gasteiger partial charge in [-0.05, 0) is 45.8 Å². The Hall–Kier alpha value is -1.80. The van der Waals surface area contributed by atoms with E-state index in [0.717, 1.165) is 41.1 Å². The molecule has 1 aliphatic rings. The summed E-state index contributed by atoms with van der Waals surface area (Å²) in [5.74, 6) is 2.62. The number of hydrogen-bond donors (Lipinski definition) is 2. The van der Waals surface area contributed by atoms with Crippen LogP contribution < -0.4 is 0 Å². The van der Waals surface area contributed by atoms with E-state index in [-0.39, 0.29) is 6.47 Å². The van der Waals surface area contributed by atoms with Crippen LogP contribution in [0.3, 0.4) is 0 Å². The third kappa shape index (κ3) is 5.72. The molecule has 0 spiro atoms. The number of rotatable bonds is 4. The molecule has 0 aliphatic carbocycles. The molecule has 0 unspecified atom stereocenters. The van der Waals surface area contributed by atoms with Crippen molar-refractivity contribution in [3.63, 3.8) is 0 Å². The van der Waals surface area contributed by atoms with Crippen molar-refractivity contribution in [3.05, 3.63) is 27.7 Å². The van der Waals surface area contributed by atoms with E-state index in [1.165, 1.54) is 25.9 Å². The van der Waals surface area contributed by atoms with Crippen LogP contribution in [0.5, 0.6) is 0 Å². The van der Waals surface area contributed by atoms with Crippen molar-refractivity contribution < 1.29 is 9.90 Å². The Morgan fingerprint density at radius 2 is 2.13 bits per heavy atom. The van der Waals surface area contributed by atoms with Gasteiger partial charge in [-0.25, -0.2) is 9.97 Å².